The SMILES string of the molecule is CC(=O)Nc1ccc(C=CC2CCC(=O)C2CCCCCCC(=O)O)c(C)c1. The number of anilines is 1. The summed E-state index contributed by atoms with van der Waals surface area (Å²) < 4.78 is 0. The molecule has 1 saturated carbocycles. The third-order valence-corrected chi connectivity index (χ3v) is 5.42. The van der Waals surface area contributed by atoms with Crippen LogP contribution in [0.15, 0.2) is 24.3 Å². The number of nitrogens with one attached hydrogen (secondary N) is 1. The van der Waals surface area contributed by atoms with Crippen LogP contribution >= 0.6 is 0 Å². The fraction of sp³-hybridized carbons (Fsp3) is 0.522. The molecule has 2 rings (SSSR count). The van der Waals surface area contributed by atoms with E-state index in [9.17, 15) is 14.4 Å². The fourth-order valence-electron chi connectivity index (χ4n) is 3.90. The summed E-state index contributed by atoms with van der Waals surface area (Å²) in [4.78, 5) is 34.0. The highest BCUT2D eigenvalue weighted by Gasteiger charge is 2.32. The highest BCUT2D eigenvalue weighted by Crippen LogP contribution is 2.34. The second kappa shape index (κ2) is 10.8. The molecule has 2 unspecified atom stereocenters. The summed E-state index contributed by atoms with van der Waals surface area (Å²) in [6, 6.07) is 5.84. The lowest BCUT2D eigenvalue weighted by Crippen LogP contribution is -2.13. The average molecular weight is 386 g/mol. The number of allylic oxidation sites excluding steroid dienone is 1. The number of ketones is 1. The van der Waals surface area contributed by atoms with Crippen LogP contribution in [0.2, 0.25) is 0 Å². The number of amides is 1. The van der Waals surface area contributed by atoms with Gasteiger partial charge in [-0.3, -0.25) is 14.4 Å². The van der Waals surface area contributed by atoms with Gasteiger partial charge in [0.15, 0.2) is 0 Å². The molecule has 5 heteroatoms. The largest absolute Gasteiger partial charge is 0.481 e. The summed E-state index contributed by atoms with van der Waals surface area (Å²) in [7, 11) is 0. The second-order valence-corrected chi connectivity index (χ2v) is 7.73. The van der Waals surface area contributed by atoms with Crippen LogP contribution in [0.3, 0.4) is 0 Å². The number of carbonyl (C=O) groups is 3. The molecule has 152 valence electrons. The Morgan fingerprint density at radius 3 is 2.64 bits per heavy atom. The van der Waals surface area contributed by atoms with Crippen LogP contribution in [0.25, 0.3) is 6.08 Å². The van der Waals surface area contributed by atoms with E-state index >= 15 is 0 Å². The van der Waals surface area contributed by atoms with Crippen LogP contribution in [0.1, 0.15) is 69.4 Å². The Kier molecular flexibility index (Phi) is 8.42. The number of carbonyl (C=O) groups excluding carboxylic acids is 2. The van der Waals surface area contributed by atoms with Crippen LogP contribution in [-0.2, 0) is 14.4 Å². The number of Topliss-reactive ketones (excluding diaryl/α,β-unsaturated/α-hetero) is 1. The molecule has 0 saturated heterocycles. The van der Waals surface area contributed by atoms with Crippen molar-refractivity contribution >= 4 is 29.4 Å². The third-order valence-electron chi connectivity index (χ3n) is 5.42. The number of benzene rings is 1. The lowest BCUT2D eigenvalue weighted by atomic mass is 9.89. The maximum absolute atomic E-state index is 12.3. The minimum absolute atomic E-state index is 0.0852. The van der Waals surface area contributed by atoms with Crippen molar-refractivity contribution in [2.75, 3.05) is 5.32 Å². The van der Waals surface area contributed by atoms with Crippen molar-refractivity contribution in [1.82, 2.24) is 0 Å². The van der Waals surface area contributed by atoms with E-state index in [1.165, 1.54) is 6.92 Å². The first-order valence-electron chi connectivity index (χ1n) is 10.2. The van der Waals surface area contributed by atoms with E-state index in [1.54, 1.807) is 0 Å². The number of carboxylic acid groups (broad SMARTS) is 1. The first kappa shape index (κ1) is 21.9. The molecule has 1 aliphatic rings. The molecule has 2 atom stereocenters. The summed E-state index contributed by atoms with van der Waals surface area (Å²) in [5.41, 5.74) is 2.97. The molecule has 0 spiro atoms. The van der Waals surface area contributed by atoms with Gasteiger partial charge in [-0.05, 0) is 55.4 Å². The predicted octanol–water partition coefficient (Wildman–Crippen LogP) is 4.99. The lowest BCUT2D eigenvalue weighted by Gasteiger charge is -2.15. The van der Waals surface area contributed by atoms with Crippen LogP contribution in [-0.4, -0.2) is 22.8 Å². The van der Waals surface area contributed by atoms with Crippen LogP contribution in [0.5, 0.6) is 0 Å². The Morgan fingerprint density at radius 1 is 1.21 bits per heavy atom. The maximum atomic E-state index is 12.3. The van der Waals surface area contributed by atoms with E-state index in [4.69, 9.17) is 5.11 Å². The molecule has 5 nitrogen and oxygen atoms in total. The molecule has 2 N–H and O–H groups in total. The minimum atomic E-state index is -0.739. The van der Waals surface area contributed by atoms with Gasteiger partial charge < -0.3 is 10.4 Å². The van der Waals surface area contributed by atoms with Gasteiger partial charge in [0.05, 0.1) is 0 Å². The lowest BCUT2D eigenvalue weighted by molar-refractivity contribution is -0.137. The van der Waals surface area contributed by atoms with Gasteiger partial charge in [0.1, 0.15) is 5.78 Å². The number of unbranched alkanes of at least 4 members (excludes halogenated alkanes) is 3. The molecule has 0 heterocycles. The molecule has 1 aliphatic carbocycles. The molecule has 1 aromatic carbocycles. The smallest absolute Gasteiger partial charge is 0.303 e. The molecule has 1 fully saturated rings. The monoisotopic (exact) mass is 385 g/mol. The van der Waals surface area contributed by atoms with Gasteiger partial charge >= 0.3 is 5.97 Å². The Hall–Kier alpha value is -2.43. The fourth-order valence-corrected chi connectivity index (χ4v) is 3.90. The van der Waals surface area contributed by atoms with E-state index < -0.39 is 5.97 Å². The second-order valence-electron chi connectivity index (χ2n) is 7.73. The zero-order chi connectivity index (χ0) is 20.5. The summed E-state index contributed by atoms with van der Waals surface area (Å²) in [5.74, 6) is -0.0944. The quantitative estimate of drug-likeness (QED) is 0.556. The average Bonchev–Trinajstić information content (AvgIpc) is 2.96. The van der Waals surface area contributed by atoms with Crippen LogP contribution < -0.4 is 5.32 Å². The van der Waals surface area contributed by atoms with Gasteiger partial charge in [0.2, 0.25) is 5.91 Å². The van der Waals surface area contributed by atoms with Crippen molar-refractivity contribution in [2.24, 2.45) is 11.8 Å². The van der Waals surface area contributed by atoms with E-state index in [0.717, 1.165) is 48.9 Å². The van der Waals surface area contributed by atoms with Crippen molar-refractivity contribution in [3.05, 3.63) is 35.4 Å². The number of hydrogen-bond donors (Lipinski definition) is 2. The van der Waals surface area contributed by atoms with Crippen molar-refractivity contribution in [3.8, 4) is 0 Å². The highest BCUT2D eigenvalue weighted by atomic mass is 16.4. The molecule has 0 aromatic heterocycles. The van der Waals surface area contributed by atoms with Gasteiger partial charge in [-0.25, -0.2) is 0 Å². The van der Waals surface area contributed by atoms with E-state index in [-0.39, 0.29) is 24.2 Å². The first-order chi connectivity index (χ1) is 13.4. The standard InChI is InChI=1S/C23H31NO4/c1-16-15-20(24-17(2)25)13-11-18(16)9-10-19-12-14-22(26)21(19)7-5-3-4-6-8-23(27)28/h9-11,13,15,19,21H,3-8,12,14H2,1-2H3,(H,24,25)(H,27,28). The van der Waals surface area contributed by atoms with Gasteiger partial charge in [-0.1, -0.05) is 37.5 Å². The van der Waals surface area contributed by atoms with Crippen molar-refractivity contribution in [3.63, 3.8) is 0 Å². The number of hydrogen-bond acceptors (Lipinski definition) is 3. The molecule has 0 bridgehead atoms. The Balaban J connectivity index is 1.88. The third kappa shape index (κ3) is 6.95. The molecule has 0 radical (unpaired) electrons. The van der Waals surface area contributed by atoms with Gasteiger partial charge in [-0.15, -0.1) is 0 Å². The number of aryl methyl sites for hydroxylation is 1. The van der Waals surface area contributed by atoms with E-state index in [1.807, 2.05) is 25.1 Å². The topological polar surface area (TPSA) is 83.5 Å². The number of aliphatic carboxylic acids is 1. The number of rotatable bonds is 10. The maximum Gasteiger partial charge on any atom is 0.303 e. The summed E-state index contributed by atoms with van der Waals surface area (Å²) >= 11 is 0. The predicted molar refractivity (Wildman–Crippen MR) is 111 cm³/mol. The van der Waals surface area contributed by atoms with Gasteiger partial charge in [0.25, 0.3) is 0 Å². The van der Waals surface area contributed by atoms with Gasteiger partial charge in [-0.2, -0.15) is 0 Å². The zero-order valence-corrected chi connectivity index (χ0v) is 16.9. The van der Waals surface area contributed by atoms with Crippen LogP contribution in [0.4, 0.5) is 5.69 Å². The van der Waals surface area contributed by atoms with Crippen molar-refractivity contribution in [2.45, 2.75) is 65.2 Å². The molecule has 28 heavy (non-hydrogen) atoms. The van der Waals surface area contributed by atoms with Crippen LogP contribution in [0, 0.1) is 18.8 Å². The van der Waals surface area contributed by atoms with E-state index in [2.05, 4.69) is 17.5 Å². The minimum Gasteiger partial charge on any atom is -0.481 e. The highest BCUT2D eigenvalue weighted by molar-refractivity contribution is 5.89. The molecular formula is C23H31NO4. The van der Waals surface area contributed by atoms with E-state index in [0.29, 0.717) is 18.6 Å². The normalized spacial score (nSPS) is 19.3. The Morgan fingerprint density at radius 2 is 1.96 bits per heavy atom. The molecule has 0 aliphatic heterocycles. The molecule has 1 aromatic rings. The summed E-state index contributed by atoms with van der Waals surface area (Å²) in [5, 5.41) is 11.5. The van der Waals surface area contributed by atoms with Crippen molar-refractivity contribution < 1.29 is 19.5 Å². The number of carboxylic acids is 1. The van der Waals surface area contributed by atoms with Crippen molar-refractivity contribution in [1.29, 1.82) is 0 Å². The van der Waals surface area contributed by atoms with Gasteiger partial charge in [0, 0.05) is 31.4 Å². The summed E-state index contributed by atoms with van der Waals surface area (Å²) in [6.45, 7) is 3.51. The Bertz CT molecular complexity index is 738. The molecule has 1 amide bonds. The molecular weight excluding hydrogens is 354 g/mol. The first-order valence-corrected chi connectivity index (χ1v) is 10.2. The summed E-state index contributed by atoms with van der Waals surface area (Å²) in [6.07, 6.45) is 10.5. The Labute approximate surface area is 167 Å². The zero-order valence-electron chi connectivity index (χ0n) is 16.9.